The molecule has 1 aliphatic carbocycles. The molecule has 4 rings (SSSR count). The Morgan fingerprint density at radius 2 is 0.952 bits per heavy atom. The van der Waals surface area contributed by atoms with Crippen LogP contribution in [0.4, 0.5) is 0 Å². The van der Waals surface area contributed by atoms with E-state index in [-0.39, 0.29) is 17.0 Å². The highest BCUT2D eigenvalue weighted by atomic mass is 16.6. The van der Waals surface area contributed by atoms with Crippen LogP contribution in [0.5, 0.6) is 11.5 Å². The maximum absolute atomic E-state index is 12.5. The summed E-state index contributed by atoms with van der Waals surface area (Å²) in [7, 11) is 0. The van der Waals surface area contributed by atoms with Gasteiger partial charge in [0, 0.05) is 16.7 Å². The summed E-state index contributed by atoms with van der Waals surface area (Å²) in [5.41, 5.74) is 6.64. The Balaban J connectivity index is 0.000000335. The third-order valence-corrected chi connectivity index (χ3v) is 16.1. The van der Waals surface area contributed by atoms with E-state index in [9.17, 15) is 15.0 Å². The number of ether oxygens (including phenoxy) is 2. The number of carbonyl (C=O) groups excluding carboxylic acids is 1. The number of hydrogen-bond acceptors (Lipinski definition) is 5. The molecule has 63 heavy (non-hydrogen) atoms. The lowest BCUT2D eigenvalue weighted by Gasteiger charge is -2.48. The second kappa shape index (κ2) is 25.1. The van der Waals surface area contributed by atoms with Crippen LogP contribution in [0.25, 0.3) is 0 Å². The summed E-state index contributed by atoms with van der Waals surface area (Å²) in [5, 5.41) is 21.8. The fourth-order valence-electron chi connectivity index (χ4n) is 10.9. The summed E-state index contributed by atoms with van der Waals surface area (Å²) >= 11 is 0. The number of fused-ring (bicyclic) bond motifs is 2. The van der Waals surface area contributed by atoms with Gasteiger partial charge in [-0.1, -0.05) is 152 Å². The first-order valence-corrected chi connectivity index (χ1v) is 26.3. The van der Waals surface area contributed by atoms with Crippen LogP contribution < -0.4 is 4.74 Å². The van der Waals surface area contributed by atoms with E-state index < -0.39 is 5.79 Å². The lowest BCUT2D eigenvalue weighted by Crippen LogP contribution is -2.52. The van der Waals surface area contributed by atoms with E-state index in [4.69, 9.17) is 9.47 Å². The van der Waals surface area contributed by atoms with Crippen molar-refractivity contribution in [2.45, 2.75) is 269 Å². The Morgan fingerprint density at radius 1 is 0.540 bits per heavy atom. The fourth-order valence-corrected chi connectivity index (χ4v) is 10.9. The first-order chi connectivity index (χ1) is 29.4. The van der Waals surface area contributed by atoms with E-state index in [1.165, 1.54) is 102 Å². The Hall–Kier alpha value is -2.11. The number of carbonyl (C=O) groups is 1. The van der Waals surface area contributed by atoms with Crippen LogP contribution in [-0.2, 0) is 16.0 Å². The monoisotopic (exact) mass is 877 g/mol. The molecular formula is C58H100O5. The van der Waals surface area contributed by atoms with E-state index >= 15 is 0 Å². The maximum atomic E-state index is 12.5. The predicted molar refractivity (Wildman–Crippen MR) is 269 cm³/mol. The minimum atomic E-state index is -1.40. The van der Waals surface area contributed by atoms with Crippen molar-refractivity contribution in [2.75, 3.05) is 0 Å². The third-order valence-electron chi connectivity index (χ3n) is 16.1. The highest BCUT2D eigenvalue weighted by Crippen LogP contribution is 2.49. The zero-order valence-corrected chi connectivity index (χ0v) is 44.1. The first-order valence-electron chi connectivity index (χ1n) is 26.3. The molecule has 0 radical (unpaired) electrons. The van der Waals surface area contributed by atoms with Gasteiger partial charge in [0.15, 0.2) is 5.78 Å². The summed E-state index contributed by atoms with van der Waals surface area (Å²) in [5.74, 6) is 5.11. The van der Waals surface area contributed by atoms with Crippen molar-refractivity contribution in [1.29, 1.82) is 0 Å². The molecule has 1 aromatic carbocycles. The lowest BCUT2D eigenvalue weighted by atomic mass is 9.75. The molecular weight excluding hydrogens is 777 g/mol. The SMILES string of the molecule is CC1=C(C)C2(O)O[C@](C)(CCC[C@H](C)CCC[C@H](C)CCCC(C)C)CCC2=C(C)C1=O.Cc1c(C)c2c(c(C)c1O)CC[C@@](C)(CCC[C@H](C)CCC[C@H](C)CCCC(C)C)O2. The smallest absolute Gasteiger partial charge is 0.213 e. The highest BCUT2D eigenvalue weighted by molar-refractivity contribution is 6.10. The molecule has 0 aromatic heterocycles. The van der Waals surface area contributed by atoms with E-state index in [2.05, 4.69) is 76.2 Å². The molecule has 1 saturated heterocycles. The number of aliphatic hydroxyl groups is 1. The third kappa shape index (κ3) is 16.3. The molecule has 1 fully saturated rings. The van der Waals surface area contributed by atoms with Gasteiger partial charge in [0.05, 0.1) is 5.60 Å². The topological polar surface area (TPSA) is 76.0 Å². The summed E-state index contributed by atoms with van der Waals surface area (Å²) in [6, 6.07) is 0. The number of phenolic OH excluding ortho intramolecular Hbond substituents is 1. The van der Waals surface area contributed by atoms with Crippen molar-refractivity contribution in [3.63, 3.8) is 0 Å². The van der Waals surface area contributed by atoms with Gasteiger partial charge in [-0.3, -0.25) is 4.79 Å². The quantitative estimate of drug-likeness (QED) is 0.108. The Bertz CT molecular complexity index is 1660. The van der Waals surface area contributed by atoms with Crippen LogP contribution in [-0.4, -0.2) is 33.0 Å². The van der Waals surface area contributed by atoms with Gasteiger partial charge < -0.3 is 19.7 Å². The number of Topliss-reactive ketones (excluding diaryl/α,β-unsaturated/α-hetero) is 1. The molecule has 3 aliphatic rings. The van der Waals surface area contributed by atoms with Crippen LogP contribution in [0.15, 0.2) is 22.3 Å². The predicted octanol–water partition coefficient (Wildman–Crippen LogP) is 16.8. The summed E-state index contributed by atoms with van der Waals surface area (Å²) < 4.78 is 13.0. The van der Waals surface area contributed by atoms with Gasteiger partial charge in [0.2, 0.25) is 5.79 Å². The van der Waals surface area contributed by atoms with E-state index in [1.807, 2.05) is 27.7 Å². The van der Waals surface area contributed by atoms with Gasteiger partial charge in [0.1, 0.15) is 17.1 Å². The van der Waals surface area contributed by atoms with Crippen molar-refractivity contribution >= 4 is 5.78 Å². The number of rotatable bonds is 24. The van der Waals surface area contributed by atoms with Crippen LogP contribution in [0.1, 0.15) is 247 Å². The molecule has 1 aromatic rings. The molecule has 2 heterocycles. The van der Waals surface area contributed by atoms with Crippen LogP contribution >= 0.6 is 0 Å². The molecule has 0 spiro atoms. The summed E-state index contributed by atoms with van der Waals surface area (Å²) in [6.45, 7) is 35.0. The van der Waals surface area contributed by atoms with Crippen LogP contribution in [0, 0.1) is 56.3 Å². The van der Waals surface area contributed by atoms with Gasteiger partial charge in [0.25, 0.3) is 0 Å². The fraction of sp³-hybridized carbons (Fsp3) is 0.810. The number of allylic oxidation sites excluding steroid dienone is 2. The Labute approximate surface area is 389 Å². The summed E-state index contributed by atoms with van der Waals surface area (Å²) in [4.78, 5) is 12.5. The Morgan fingerprint density at radius 3 is 1.41 bits per heavy atom. The molecule has 2 N–H and O–H groups in total. The molecule has 5 nitrogen and oxygen atoms in total. The minimum Gasteiger partial charge on any atom is -0.507 e. The average molecular weight is 877 g/mol. The highest BCUT2D eigenvalue weighted by Gasteiger charge is 2.50. The van der Waals surface area contributed by atoms with E-state index in [1.54, 1.807) is 6.92 Å². The zero-order chi connectivity index (χ0) is 47.3. The van der Waals surface area contributed by atoms with Gasteiger partial charge in [-0.05, 0) is 164 Å². The zero-order valence-electron chi connectivity index (χ0n) is 44.1. The second-order valence-electron chi connectivity index (χ2n) is 23.2. The molecule has 362 valence electrons. The number of hydrogen-bond donors (Lipinski definition) is 2. The number of aromatic hydroxyl groups is 1. The second-order valence-corrected chi connectivity index (χ2v) is 23.2. The van der Waals surface area contributed by atoms with Crippen molar-refractivity contribution in [2.24, 2.45) is 35.5 Å². The molecule has 0 amide bonds. The van der Waals surface area contributed by atoms with Crippen molar-refractivity contribution in [3.8, 4) is 11.5 Å². The number of benzene rings is 1. The van der Waals surface area contributed by atoms with E-state index in [0.29, 0.717) is 22.5 Å². The van der Waals surface area contributed by atoms with Crippen molar-refractivity contribution in [3.05, 3.63) is 44.5 Å². The van der Waals surface area contributed by atoms with E-state index in [0.717, 1.165) is 108 Å². The molecule has 1 unspecified atom stereocenters. The largest absolute Gasteiger partial charge is 0.507 e. The van der Waals surface area contributed by atoms with Gasteiger partial charge in [-0.15, -0.1) is 0 Å². The van der Waals surface area contributed by atoms with Gasteiger partial charge in [-0.25, -0.2) is 0 Å². The lowest BCUT2D eigenvalue weighted by molar-refractivity contribution is -0.239. The molecule has 7 atom stereocenters. The number of phenols is 1. The number of ketones is 1. The summed E-state index contributed by atoms with van der Waals surface area (Å²) in [6.07, 6.45) is 27.1. The van der Waals surface area contributed by atoms with Crippen LogP contribution in [0.3, 0.4) is 0 Å². The van der Waals surface area contributed by atoms with Crippen molar-refractivity contribution in [1.82, 2.24) is 0 Å². The normalized spacial score (nSPS) is 24.5. The Kier molecular flexibility index (Phi) is 22.0. The standard InChI is InChI=1S/C29H50O3.C29H50O2/c1-20(2)12-9-13-21(3)14-10-15-22(4)16-11-18-28(8)19-17-26-24(6)27(30)23(5)25(7)29(26,31)32-28;1-20(2)12-9-13-21(3)14-10-15-22(4)16-11-18-29(8)19-17-26-25(7)27(30)23(5)24(6)28(26)31-29/h20-22,31H,9-19H2,1-8H3;20-22,30H,9-19H2,1-8H3/t21-,22-,28-,29?;21-,22-,29-/m11/s1. The maximum Gasteiger partial charge on any atom is 0.213 e. The molecule has 0 saturated carbocycles. The van der Waals surface area contributed by atoms with Crippen molar-refractivity contribution < 1.29 is 24.5 Å². The van der Waals surface area contributed by atoms with Gasteiger partial charge >= 0.3 is 0 Å². The molecule has 0 bridgehead atoms. The van der Waals surface area contributed by atoms with Crippen LogP contribution in [0.2, 0.25) is 0 Å². The van der Waals surface area contributed by atoms with Gasteiger partial charge in [-0.2, -0.15) is 0 Å². The average Bonchev–Trinajstić information content (AvgIpc) is 3.20. The molecule has 5 heteroatoms. The molecule has 2 aliphatic heterocycles. The first kappa shape index (κ1) is 55.2. The minimum absolute atomic E-state index is 0.0532.